The van der Waals surface area contributed by atoms with Gasteiger partial charge in [0, 0.05) is 6.04 Å². The highest BCUT2D eigenvalue weighted by molar-refractivity contribution is 4.86. The van der Waals surface area contributed by atoms with Crippen LogP contribution in [0.25, 0.3) is 0 Å². The second kappa shape index (κ2) is 5.17. The number of hydroxylamine groups is 1. The molecule has 0 saturated carbocycles. The maximum absolute atomic E-state index is 8.57. The van der Waals surface area contributed by atoms with Crippen LogP contribution in [-0.2, 0) is 0 Å². The summed E-state index contributed by atoms with van der Waals surface area (Å²) in [6.07, 6.45) is 9.20. The topological polar surface area (TPSA) is 35.5 Å². The van der Waals surface area contributed by atoms with E-state index in [-0.39, 0.29) is 0 Å². The highest BCUT2D eigenvalue weighted by Gasteiger charge is 2.09. The van der Waals surface area contributed by atoms with Crippen LogP contribution in [0.15, 0.2) is 12.3 Å². The largest absolute Gasteiger partial charge is 0.360 e. The van der Waals surface area contributed by atoms with E-state index in [1.807, 2.05) is 0 Å². The number of hydrogen-bond acceptors (Lipinski definition) is 3. The third-order valence-electron chi connectivity index (χ3n) is 2.36. The molecule has 2 N–H and O–H groups in total. The molecule has 1 atom stereocenters. The number of rotatable bonds is 2. The third-order valence-corrected chi connectivity index (χ3v) is 2.36. The summed E-state index contributed by atoms with van der Waals surface area (Å²) in [4.78, 5) is 2.12. The minimum absolute atomic E-state index is 0.525. The molecule has 3 nitrogen and oxygen atoms in total. The molecule has 1 heterocycles. The molecule has 0 bridgehead atoms. The van der Waals surface area contributed by atoms with Crippen molar-refractivity contribution in [2.24, 2.45) is 0 Å². The molecule has 0 aromatic heterocycles. The van der Waals surface area contributed by atoms with Crippen molar-refractivity contribution in [2.45, 2.75) is 38.6 Å². The molecule has 0 aromatic rings. The van der Waals surface area contributed by atoms with Gasteiger partial charge in [0.1, 0.15) is 0 Å². The summed E-state index contributed by atoms with van der Waals surface area (Å²) in [6, 6.07) is 0.529. The van der Waals surface area contributed by atoms with E-state index < -0.39 is 0 Å². The fourth-order valence-electron chi connectivity index (χ4n) is 1.51. The van der Waals surface area contributed by atoms with Gasteiger partial charge in [0.05, 0.1) is 6.67 Å². The molecule has 0 spiro atoms. The second-order valence-electron chi connectivity index (χ2n) is 3.35. The van der Waals surface area contributed by atoms with E-state index in [0.717, 1.165) is 6.42 Å². The maximum atomic E-state index is 8.57. The Morgan fingerprint density at radius 3 is 3.17 bits per heavy atom. The van der Waals surface area contributed by atoms with Crippen LogP contribution in [0.2, 0.25) is 0 Å². The Labute approximate surface area is 74.0 Å². The van der Waals surface area contributed by atoms with E-state index in [0.29, 0.717) is 12.7 Å². The van der Waals surface area contributed by atoms with Gasteiger partial charge in [-0.3, -0.25) is 0 Å². The van der Waals surface area contributed by atoms with Gasteiger partial charge in [-0.05, 0) is 32.4 Å². The van der Waals surface area contributed by atoms with Gasteiger partial charge < -0.3 is 10.1 Å². The third kappa shape index (κ3) is 2.83. The minimum Gasteiger partial charge on any atom is -0.360 e. The predicted octanol–water partition coefficient (Wildman–Crippen LogP) is 1.70. The normalized spacial score (nSPS) is 25.2. The zero-order chi connectivity index (χ0) is 8.81. The van der Waals surface area contributed by atoms with Crippen LogP contribution in [0.3, 0.4) is 0 Å². The van der Waals surface area contributed by atoms with Gasteiger partial charge in [-0.15, -0.1) is 0 Å². The summed E-state index contributed by atoms with van der Waals surface area (Å²) in [6.45, 7) is 2.71. The Bertz CT molecular complexity index is 147. The quantitative estimate of drug-likeness (QED) is 0.619. The molecule has 0 fully saturated rings. The number of nitrogens with zero attached hydrogens (tertiary/aromatic N) is 1. The summed E-state index contributed by atoms with van der Waals surface area (Å²) in [5, 5.41) is 8.57. The first-order valence-electron chi connectivity index (χ1n) is 4.64. The van der Waals surface area contributed by atoms with E-state index in [9.17, 15) is 0 Å². The first-order chi connectivity index (χ1) is 5.84. The molecule has 1 aliphatic heterocycles. The van der Waals surface area contributed by atoms with Crippen molar-refractivity contribution in [3.63, 3.8) is 0 Å². The molecule has 0 unspecified atom stereocenters. The highest BCUT2D eigenvalue weighted by atomic mass is 16.5. The van der Waals surface area contributed by atoms with E-state index >= 15 is 0 Å². The molecule has 12 heavy (non-hydrogen) atoms. The minimum atomic E-state index is 0.525. The summed E-state index contributed by atoms with van der Waals surface area (Å²) >= 11 is 0. The van der Waals surface area contributed by atoms with E-state index in [4.69, 9.17) is 5.21 Å². The zero-order valence-corrected chi connectivity index (χ0v) is 7.66. The van der Waals surface area contributed by atoms with E-state index in [2.05, 4.69) is 29.6 Å². The smallest absolute Gasteiger partial charge is 0.0910 e. The molecule has 3 heteroatoms. The Morgan fingerprint density at radius 2 is 2.42 bits per heavy atom. The lowest BCUT2D eigenvalue weighted by molar-refractivity contribution is 0.101. The van der Waals surface area contributed by atoms with Crippen LogP contribution in [0.5, 0.6) is 0 Å². The van der Waals surface area contributed by atoms with E-state index in [1.165, 1.54) is 19.3 Å². The van der Waals surface area contributed by atoms with Crippen molar-refractivity contribution in [2.75, 3.05) is 6.67 Å². The maximum Gasteiger partial charge on any atom is 0.0910 e. The monoisotopic (exact) mass is 170 g/mol. The van der Waals surface area contributed by atoms with Crippen LogP contribution in [0, 0.1) is 0 Å². The average Bonchev–Trinajstić information content (AvgIpc) is 2.05. The number of hydrogen-bond donors (Lipinski definition) is 2. The summed E-state index contributed by atoms with van der Waals surface area (Å²) in [5.74, 6) is 0. The molecule has 0 aliphatic carbocycles. The van der Waals surface area contributed by atoms with E-state index in [1.54, 1.807) is 0 Å². The first-order valence-corrected chi connectivity index (χ1v) is 4.64. The van der Waals surface area contributed by atoms with Crippen molar-refractivity contribution >= 4 is 0 Å². The lowest BCUT2D eigenvalue weighted by Crippen LogP contribution is -2.35. The van der Waals surface area contributed by atoms with Crippen molar-refractivity contribution in [1.29, 1.82) is 0 Å². The highest BCUT2D eigenvalue weighted by Crippen LogP contribution is 2.13. The van der Waals surface area contributed by atoms with Crippen LogP contribution >= 0.6 is 0 Å². The fourth-order valence-corrected chi connectivity index (χ4v) is 1.51. The lowest BCUT2D eigenvalue weighted by Gasteiger charge is -2.28. The van der Waals surface area contributed by atoms with Gasteiger partial charge in [0.25, 0.3) is 0 Å². The van der Waals surface area contributed by atoms with Crippen LogP contribution in [0.4, 0.5) is 0 Å². The first kappa shape index (κ1) is 9.55. The predicted molar refractivity (Wildman–Crippen MR) is 48.7 cm³/mol. The van der Waals surface area contributed by atoms with Crippen molar-refractivity contribution < 1.29 is 5.21 Å². The molecule has 0 saturated heterocycles. The van der Waals surface area contributed by atoms with Crippen molar-refractivity contribution in [1.82, 2.24) is 10.4 Å². The standard InChI is InChI=1S/C9H18N2O/c1-9-6-4-2-3-5-7-11(9)8-10-12/h5,7,9-10,12H,2-4,6,8H2,1H3/t9-/m1/s1. The number of allylic oxidation sites excluding steroid dienone is 1. The molecule has 70 valence electrons. The van der Waals surface area contributed by atoms with Gasteiger partial charge in [0.2, 0.25) is 0 Å². The van der Waals surface area contributed by atoms with Crippen LogP contribution in [-0.4, -0.2) is 22.8 Å². The Morgan fingerprint density at radius 1 is 1.58 bits per heavy atom. The second-order valence-corrected chi connectivity index (χ2v) is 3.35. The lowest BCUT2D eigenvalue weighted by atomic mass is 10.1. The van der Waals surface area contributed by atoms with Gasteiger partial charge in [-0.1, -0.05) is 12.5 Å². The number of nitrogens with one attached hydrogen (secondary N) is 1. The van der Waals surface area contributed by atoms with Crippen LogP contribution < -0.4 is 5.48 Å². The SMILES string of the molecule is C[C@@H]1CCCCC=CN1CNO. The Hall–Kier alpha value is -0.540. The van der Waals surface area contributed by atoms with Crippen molar-refractivity contribution in [3.05, 3.63) is 12.3 Å². The fraction of sp³-hybridized carbons (Fsp3) is 0.778. The molecule has 0 aromatic carbocycles. The summed E-state index contributed by atoms with van der Waals surface area (Å²) in [5.41, 5.74) is 2.19. The summed E-state index contributed by atoms with van der Waals surface area (Å²) in [7, 11) is 0. The molecule has 1 aliphatic rings. The summed E-state index contributed by atoms with van der Waals surface area (Å²) < 4.78 is 0. The van der Waals surface area contributed by atoms with Crippen LogP contribution in [0.1, 0.15) is 32.6 Å². The van der Waals surface area contributed by atoms with Gasteiger partial charge in [0.15, 0.2) is 0 Å². The molecule has 0 radical (unpaired) electrons. The Balaban J connectivity index is 2.46. The molecular weight excluding hydrogens is 152 g/mol. The molecule has 0 amide bonds. The molecule has 1 rings (SSSR count). The van der Waals surface area contributed by atoms with Gasteiger partial charge >= 0.3 is 0 Å². The van der Waals surface area contributed by atoms with Crippen molar-refractivity contribution in [3.8, 4) is 0 Å². The van der Waals surface area contributed by atoms with Gasteiger partial charge in [-0.25, -0.2) is 0 Å². The average molecular weight is 170 g/mol. The molecular formula is C9H18N2O. The van der Waals surface area contributed by atoms with Gasteiger partial charge in [-0.2, -0.15) is 5.48 Å². The Kier molecular flexibility index (Phi) is 4.11. The zero-order valence-electron chi connectivity index (χ0n) is 7.66.